The largest absolute Gasteiger partial charge is 0.439 e. The molecule has 4 aromatic rings. The van der Waals surface area contributed by atoms with E-state index in [0.717, 1.165) is 12.1 Å². The van der Waals surface area contributed by atoms with Crippen molar-refractivity contribution in [1.82, 2.24) is 19.7 Å². The van der Waals surface area contributed by atoms with Crippen LogP contribution < -0.4 is 9.46 Å². The summed E-state index contributed by atoms with van der Waals surface area (Å²) < 4.78 is 61.0. The molecule has 0 amide bonds. The molecule has 2 aromatic carbocycles. The Morgan fingerprint density at radius 3 is 2.41 bits per heavy atom. The molecular formula is C21H17F2N5O3S. The SMILES string of the molecule is Cc1nc(Oc2ccc(NS(=O)(=O)Cc3cc(F)cc(F)c3)cc2)cc(-n2cccn2)n1. The van der Waals surface area contributed by atoms with Crippen LogP contribution in [0, 0.1) is 18.6 Å². The van der Waals surface area contributed by atoms with Crippen LogP contribution in [-0.4, -0.2) is 28.2 Å². The average Bonchev–Trinajstić information content (AvgIpc) is 3.22. The molecular weight excluding hydrogens is 440 g/mol. The minimum atomic E-state index is -3.88. The second-order valence-corrected chi connectivity index (χ2v) is 8.55. The van der Waals surface area contributed by atoms with Crippen LogP contribution >= 0.6 is 0 Å². The van der Waals surface area contributed by atoms with Crippen molar-refractivity contribution in [2.45, 2.75) is 12.7 Å². The van der Waals surface area contributed by atoms with E-state index in [2.05, 4.69) is 19.8 Å². The van der Waals surface area contributed by atoms with E-state index in [-0.39, 0.29) is 11.3 Å². The highest BCUT2D eigenvalue weighted by Gasteiger charge is 2.14. The maximum absolute atomic E-state index is 13.3. The monoisotopic (exact) mass is 457 g/mol. The highest BCUT2D eigenvalue weighted by Crippen LogP contribution is 2.24. The Hall–Kier alpha value is -3.86. The van der Waals surface area contributed by atoms with E-state index < -0.39 is 27.4 Å². The summed E-state index contributed by atoms with van der Waals surface area (Å²) >= 11 is 0. The number of anilines is 1. The van der Waals surface area contributed by atoms with Crippen molar-refractivity contribution in [3.05, 3.63) is 90.0 Å². The predicted octanol–water partition coefficient (Wildman–Crippen LogP) is 3.98. The number of hydrogen-bond donors (Lipinski definition) is 1. The number of benzene rings is 2. The van der Waals surface area contributed by atoms with Crippen LogP contribution in [0.25, 0.3) is 5.82 Å². The van der Waals surface area contributed by atoms with Crippen molar-refractivity contribution in [1.29, 1.82) is 0 Å². The molecule has 0 saturated heterocycles. The van der Waals surface area contributed by atoms with E-state index in [1.54, 1.807) is 48.3 Å². The van der Waals surface area contributed by atoms with Crippen LogP contribution in [0.5, 0.6) is 11.6 Å². The molecule has 0 aliphatic carbocycles. The summed E-state index contributed by atoms with van der Waals surface area (Å²) in [5.74, 6) is -0.508. The maximum atomic E-state index is 13.3. The topological polar surface area (TPSA) is 99.0 Å². The molecule has 0 aliphatic heterocycles. The lowest BCUT2D eigenvalue weighted by atomic mass is 10.2. The number of rotatable bonds is 7. The molecule has 11 heteroatoms. The smallest absolute Gasteiger partial charge is 0.236 e. The summed E-state index contributed by atoms with van der Waals surface area (Å²) in [5.41, 5.74) is 0.271. The predicted molar refractivity (Wildman–Crippen MR) is 113 cm³/mol. The van der Waals surface area contributed by atoms with Gasteiger partial charge in [0.2, 0.25) is 15.9 Å². The van der Waals surface area contributed by atoms with Crippen molar-refractivity contribution in [3.8, 4) is 17.4 Å². The number of aryl methyl sites for hydroxylation is 1. The minimum Gasteiger partial charge on any atom is -0.439 e. The number of aromatic nitrogens is 4. The third-order valence-corrected chi connectivity index (χ3v) is 5.43. The van der Waals surface area contributed by atoms with Gasteiger partial charge in [0.1, 0.15) is 23.2 Å². The normalized spacial score (nSPS) is 11.3. The first-order chi connectivity index (χ1) is 15.3. The number of nitrogens with one attached hydrogen (secondary N) is 1. The summed E-state index contributed by atoms with van der Waals surface area (Å²) in [7, 11) is -3.88. The van der Waals surface area contributed by atoms with Gasteiger partial charge in [-0.05, 0) is 55.0 Å². The zero-order valence-corrected chi connectivity index (χ0v) is 17.6. The lowest BCUT2D eigenvalue weighted by Gasteiger charge is -2.10. The number of halogens is 2. The maximum Gasteiger partial charge on any atom is 0.236 e. The van der Waals surface area contributed by atoms with Gasteiger partial charge in [-0.25, -0.2) is 26.9 Å². The first kappa shape index (κ1) is 21.4. The summed E-state index contributed by atoms with van der Waals surface area (Å²) in [6, 6.07) is 12.1. The van der Waals surface area contributed by atoms with E-state index >= 15 is 0 Å². The lowest BCUT2D eigenvalue weighted by Crippen LogP contribution is -2.15. The zero-order valence-electron chi connectivity index (χ0n) is 16.7. The molecule has 0 unspecified atom stereocenters. The van der Waals surface area contributed by atoms with Gasteiger partial charge >= 0.3 is 0 Å². The molecule has 164 valence electrons. The van der Waals surface area contributed by atoms with Gasteiger partial charge in [0.15, 0.2) is 5.82 Å². The molecule has 8 nitrogen and oxygen atoms in total. The number of hydrogen-bond acceptors (Lipinski definition) is 6. The molecule has 0 saturated carbocycles. The van der Waals surface area contributed by atoms with Gasteiger partial charge in [0.25, 0.3) is 0 Å². The summed E-state index contributed by atoms with van der Waals surface area (Å²) in [6.07, 6.45) is 3.37. The van der Waals surface area contributed by atoms with E-state index in [1.807, 2.05) is 0 Å². The van der Waals surface area contributed by atoms with Crippen molar-refractivity contribution in [2.75, 3.05) is 4.72 Å². The van der Waals surface area contributed by atoms with Crippen LogP contribution in [0.2, 0.25) is 0 Å². The van der Waals surface area contributed by atoms with Gasteiger partial charge in [-0.15, -0.1) is 0 Å². The first-order valence-corrected chi connectivity index (χ1v) is 11.0. The standard InChI is InChI=1S/C21H17F2N5O3S/c1-14-25-20(28-8-2-7-24-28)12-21(26-14)31-19-5-3-18(4-6-19)27-32(29,30)13-15-9-16(22)11-17(23)10-15/h2-12,27H,13H2,1H3. The molecule has 1 N–H and O–H groups in total. The van der Waals surface area contributed by atoms with Crippen molar-refractivity contribution >= 4 is 15.7 Å². The van der Waals surface area contributed by atoms with Crippen molar-refractivity contribution in [3.63, 3.8) is 0 Å². The van der Waals surface area contributed by atoms with Crippen LogP contribution in [0.4, 0.5) is 14.5 Å². The number of ether oxygens (including phenoxy) is 1. The van der Waals surface area contributed by atoms with Gasteiger partial charge < -0.3 is 4.74 Å². The van der Waals surface area contributed by atoms with Crippen LogP contribution in [-0.2, 0) is 15.8 Å². The Labute approximate surface area is 182 Å². The molecule has 0 radical (unpaired) electrons. The van der Waals surface area contributed by atoms with Gasteiger partial charge in [0.05, 0.1) is 5.75 Å². The van der Waals surface area contributed by atoms with E-state index in [4.69, 9.17) is 4.74 Å². The highest BCUT2D eigenvalue weighted by molar-refractivity contribution is 7.91. The molecule has 0 bridgehead atoms. The van der Waals surface area contributed by atoms with Gasteiger partial charge in [-0.3, -0.25) is 4.72 Å². The van der Waals surface area contributed by atoms with Gasteiger partial charge in [0, 0.05) is 30.2 Å². The van der Waals surface area contributed by atoms with E-state index in [1.165, 1.54) is 12.1 Å². The molecule has 0 fully saturated rings. The third kappa shape index (κ3) is 5.43. The average molecular weight is 457 g/mol. The third-order valence-electron chi connectivity index (χ3n) is 4.17. The molecule has 0 aliphatic rings. The second kappa shape index (κ2) is 8.71. The fourth-order valence-corrected chi connectivity index (χ4v) is 4.11. The van der Waals surface area contributed by atoms with Gasteiger partial charge in [-0.2, -0.15) is 10.1 Å². The van der Waals surface area contributed by atoms with E-state index in [9.17, 15) is 17.2 Å². The molecule has 4 rings (SSSR count). The molecule has 2 aromatic heterocycles. The fraction of sp³-hybridized carbons (Fsp3) is 0.0952. The Morgan fingerprint density at radius 1 is 1.03 bits per heavy atom. The van der Waals surface area contributed by atoms with Crippen molar-refractivity contribution in [2.24, 2.45) is 0 Å². The fourth-order valence-electron chi connectivity index (χ4n) is 2.94. The Morgan fingerprint density at radius 2 is 1.75 bits per heavy atom. The number of nitrogens with zero attached hydrogens (tertiary/aromatic N) is 4. The lowest BCUT2D eigenvalue weighted by molar-refractivity contribution is 0.459. The summed E-state index contributed by atoms with van der Waals surface area (Å²) in [4.78, 5) is 8.54. The Kier molecular flexibility index (Phi) is 5.82. The Balaban J connectivity index is 1.45. The first-order valence-electron chi connectivity index (χ1n) is 9.35. The Bertz CT molecular complexity index is 1320. The molecule has 2 heterocycles. The zero-order chi connectivity index (χ0) is 22.7. The van der Waals surface area contributed by atoms with Gasteiger partial charge in [-0.1, -0.05) is 0 Å². The molecule has 32 heavy (non-hydrogen) atoms. The minimum absolute atomic E-state index is 0.00192. The molecule has 0 spiro atoms. The number of sulfonamides is 1. The summed E-state index contributed by atoms with van der Waals surface area (Å²) in [5, 5.41) is 4.13. The quantitative estimate of drug-likeness (QED) is 0.451. The van der Waals surface area contributed by atoms with Crippen LogP contribution in [0.3, 0.4) is 0 Å². The highest BCUT2D eigenvalue weighted by atomic mass is 32.2. The van der Waals surface area contributed by atoms with Crippen LogP contribution in [0.1, 0.15) is 11.4 Å². The summed E-state index contributed by atoms with van der Waals surface area (Å²) in [6.45, 7) is 1.72. The second-order valence-electron chi connectivity index (χ2n) is 6.83. The van der Waals surface area contributed by atoms with Crippen molar-refractivity contribution < 1.29 is 21.9 Å². The van der Waals surface area contributed by atoms with Crippen LogP contribution in [0.15, 0.2) is 67.0 Å². The van der Waals surface area contributed by atoms with E-state index in [0.29, 0.717) is 29.3 Å². The molecule has 0 atom stereocenters.